The molecule has 1 fully saturated rings. The Bertz CT molecular complexity index is 1220. The van der Waals surface area contributed by atoms with Crippen molar-refractivity contribution in [3.63, 3.8) is 0 Å². The molecule has 2 aromatic heterocycles. The van der Waals surface area contributed by atoms with Gasteiger partial charge in [0.1, 0.15) is 5.69 Å². The summed E-state index contributed by atoms with van der Waals surface area (Å²) in [4.78, 5) is 16.9. The number of aromatic nitrogens is 4. The second kappa shape index (κ2) is 9.03. The number of likely N-dealkylation sites (tertiary alicyclic amines) is 1. The van der Waals surface area contributed by atoms with Gasteiger partial charge in [-0.15, -0.1) is 0 Å². The number of likely N-dealkylation sites (N-methyl/N-ethyl adjacent to an activating group) is 1. The number of fused-ring (bicyclic) bond motifs is 1. The maximum Gasteiger partial charge on any atom is 0.416 e. The van der Waals surface area contributed by atoms with E-state index in [-0.39, 0.29) is 11.6 Å². The summed E-state index contributed by atoms with van der Waals surface area (Å²) in [7, 11) is 1.86. The molecular weight excluding hydrogens is 459 g/mol. The third-order valence-corrected chi connectivity index (χ3v) is 6.93. The van der Waals surface area contributed by atoms with Gasteiger partial charge in [0.05, 0.1) is 24.3 Å². The van der Waals surface area contributed by atoms with Gasteiger partial charge in [-0.25, -0.2) is 4.79 Å². The molecule has 0 radical (unpaired) electrons. The van der Waals surface area contributed by atoms with Crippen LogP contribution in [0.2, 0.25) is 0 Å². The highest BCUT2D eigenvalue weighted by Crippen LogP contribution is 2.38. The van der Waals surface area contributed by atoms with Gasteiger partial charge >= 0.3 is 12.2 Å². The van der Waals surface area contributed by atoms with Gasteiger partial charge in [-0.1, -0.05) is 18.2 Å². The fourth-order valence-electron chi connectivity index (χ4n) is 5.16. The molecule has 1 saturated heterocycles. The normalized spacial score (nSPS) is 20.8. The molecule has 8 nitrogen and oxygen atoms in total. The maximum absolute atomic E-state index is 13.7. The van der Waals surface area contributed by atoms with Gasteiger partial charge in [-0.2, -0.15) is 23.4 Å². The molecular formula is C24H28F3N7O. The van der Waals surface area contributed by atoms with Gasteiger partial charge in [0.2, 0.25) is 0 Å². The van der Waals surface area contributed by atoms with Crippen molar-refractivity contribution in [2.24, 2.45) is 0 Å². The monoisotopic (exact) mass is 487 g/mol. The van der Waals surface area contributed by atoms with E-state index >= 15 is 0 Å². The van der Waals surface area contributed by atoms with Gasteiger partial charge in [0.25, 0.3) is 0 Å². The molecule has 2 amide bonds. The molecule has 186 valence electrons. The SMILES string of the molecule is CCn1cc(-c2n[nH]c3c2CN(C(=O)N[C@@H]2CN(C)C[C@H]2c2ccccc2C(F)(F)F)CC3)cn1. The molecule has 4 heterocycles. The van der Waals surface area contributed by atoms with Gasteiger partial charge in [0.15, 0.2) is 0 Å². The van der Waals surface area contributed by atoms with Crippen molar-refractivity contribution < 1.29 is 18.0 Å². The Labute approximate surface area is 201 Å². The van der Waals surface area contributed by atoms with Crippen LogP contribution in [0.3, 0.4) is 0 Å². The van der Waals surface area contributed by atoms with E-state index in [2.05, 4.69) is 20.6 Å². The van der Waals surface area contributed by atoms with Crippen molar-refractivity contribution in [1.29, 1.82) is 0 Å². The zero-order valence-electron chi connectivity index (χ0n) is 19.6. The number of halogens is 3. The van der Waals surface area contributed by atoms with Crippen molar-refractivity contribution in [3.8, 4) is 11.3 Å². The minimum absolute atomic E-state index is 0.223. The van der Waals surface area contributed by atoms with Gasteiger partial charge in [-0.3, -0.25) is 9.78 Å². The maximum atomic E-state index is 13.7. The lowest BCUT2D eigenvalue weighted by molar-refractivity contribution is -0.138. The number of urea groups is 1. The molecule has 0 unspecified atom stereocenters. The number of alkyl halides is 3. The van der Waals surface area contributed by atoms with E-state index in [1.54, 1.807) is 17.2 Å². The molecule has 0 spiro atoms. The first-order valence-electron chi connectivity index (χ1n) is 11.7. The second-order valence-electron chi connectivity index (χ2n) is 9.25. The third kappa shape index (κ3) is 4.52. The summed E-state index contributed by atoms with van der Waals surface area (Å²) in [5.41, 5.74) is 3.18. The number of H-pyrrole nitrogens is 1. The van der Waals surface area contributed by atoms with E-state index in [1.165, 1.54) is 12.1 Å². The Morgan fingerprint density at radius 3 is 2.80 bits per heavy atom. The summed E-state index contributed by atoms with van der Waals surface area (Å²) < 4.78 is 42.8. The van der Waals surface area contributed by atoms with Crippen LogP contribution in [-0.2, 0) is 25.7 Å². The lowest BCUT2D eigenvalue weighted by Crippen LogP contribution is -2.48. The number of hydrogen-bond donors (Lipinski definition) is 2. The first-order valence-corrected chi connectivity index (χ1v) is 11.7. The van der Waals surface area contributed by atoms with Crippen LogP contribution in [0, 0.1) is 0 Å². The fraction of sp³-hybridized carbons (Fsp3) is 0.458. The summed E-state index contributed by atoms with van der Waals surface area (Å²) in [6.45, 7) is 4.54. The van der Waals surface area contributed by atoms with Crippen LogP contribution in [0.15, 0.2) is 36.7 Å². The quantitative estimate of drug-likeness (QED) is 0.591. The lowest BCUT2D eigenvalue weighted by atomic mass is 9.90. The molecule has 0 bridgehead atoms. The van der Waals surface area contributed by atoms with Crippen molar-refractivity contribution in [3.05, 3.63) is 59.0 Å². The molecule has 0 aliphatic carbocycles. The Morgan fingerprint density at radius 1 is 1.26 bits per heavy atom. The van der Waals surface area contributed by atoms with Crippen LogP contribution in [0.5, 0.6) is 0 Å². The molecule has 2 aliphatic rings. The van der Waals surface area contributed by atoms with E-state index in [4.69, 9.17) is 0 Å². The van der Waals surface area contributed by atoms with E-state index in [9.17, 15) is 18.0 Å². The summed E-state index contributed by atoms with van der Waals surface area (Å²) in [5.74, 6) is -0.452. The predicted octanol–water partition coefficient (Wildman–Crippen LogP) is 3.48. The molecule has 11 heteroatoms. The van der Waals surface area contributed by atoms with Crippen LogP contribution in [0.25, 0.3) is 11.3 Å². The standard InChI is InChI=1S/C24H28F3N7O/c1-3-34-11-15(10-28-34)22-18-13-33(9-8-20(18)30-31-22)23(35)29-21-14-32(2)12-17(21)16-6-4-5-7-19(16)24(25,26)27/h4-7,10-11,17,21H,3,8-9,12-14H2,1-2H3,(H,29,35)(H,30,31)/t17-,21+/m0/s1. The highest BCUT2D eigenvalue weighted by Gasteiger charge is 2.41. The molecule has 2 atom stereocenters. The average Bonchev–Trinajstić information content (AvgIpc) is 3.55. The highest BCUT2D eigenvalue weighted by molar-refractivity contribution is 5.76. The van der Waals surface area contributed by atoms with Gasteiger partial charge in [0, 0.05) is 61.5 Å². The molecule has 2 N–H and O–H groups in total. The van der Waals surface area contributed by atoms with E-state index < -0.39 is 23.7 Å². The first kappa shape index (κ1) is 23.4. The summed E-state index contributed by atoms with van der Waals surface area (Å²) >= 11 is 0. The topological polar surface area (TPSA) is 82.1 Å². The Kier molecular flexibility index (Phi) is 6.04. The number of carbonyl (C=O) groups is 1. The number of hydrogen-bond acceptors (Lipinski definition) is 4. The van der Waals surface area contributed by atoms with Crippen LogP contribution in [0.4, 0.5) is 18.0 Å². The number of aromatic amines is 1. The molecule has 3 aromatic rings. The zero-order valence-corrected chi connectivity index (χ0v) is 19.6. The van der Waals surface area contributed by atoms with E-state index in [1.807, 2.05) is 29.7 Å². The van der Waals surface area contributed by atoms with Crippen molar-refractivity contribution in [1.82, 2.24) is 35.1 Å². The minimum atomic E-state index is -4.45. The smallest absolute Gasteiger partial charge is 0.333 e. The molecule has 1 aromatic carbocycles. The summed E-state index contributed by atoms with van der Waals surface area (Å²) in [6, 6.07) is 4.95. The average molecular weight is 488 g/mol. The molecule has 5 rings (SSSR count). The zero-order chi connectivity index (χ0) is 24.7. The number of nitrogens with one attached hydrogen (secondary N) is 2. The number of nitrogens with zero attached hydrogens (tertiary/aromatic N) is 5. The molecule has 35 heavy (non-hydrogen) atoms. The Balaban J connectivity index is 1.34. The van der Waals surface area contributed by atoms with Crippen LogP contribution < -0.4 is 5.32 Å². The predicted molar refractivity (Wildman–Crippen MR) is 124 cm³/mol. The van der Waals surface area contributed by atoms with Crippen molar-refractivity contribution >= 4 is 6.03 Å². The van der Waals surface area contributed by atoms with Crippen molar-refractivity contribution in [2.45, 2.75) is 44.6 Å². The number of rotatable bonds is 4. The number of carbonyl (C=O) groups excluding carboxylic acids is 1. The first-order chi connectivity index (χ1) is 16.7. The van der Waals surface area contributed by atoms with E-state index in [0.717, 1.165) is 35.1 Å². The Hall–Kier alpha value is -3.34. The molecule has 0 saturated carbocycles. The van der Waals surface area contributed by atoms with Crippen molar-refractivity contribution in [2.75, 3.05) is 26.7 Å². The fourth-order valence-corrected chi connectivity index (χ4v) is 5.16. The molecule has 2 aliphatic heterocycles. The van der Waals surface area contributed by atoms with Crippen LogP contribution in [-0.4, -0.2) is 68.5 Å². The van der Waals surface area contributed by atoms with Crippen LogP contribution >= 0.6 is 0 Å². The third-order valence-electron chi connectivity index (χ3n) is 6.93. The highest BCUT2D eigenvalue weighted by atomic mass is 19.4. The van der Waals surface area contributed by atoms with Gasteiger partial charge in [-0.05, 0) is 25.6 Å². The number of amides is 2. The van der Waals surface area contributed by atoms with E-state index in [0.29, 0.717) is 32.6 Å². The second-order valence-corrected chi connectivity index (χ2v) is 9.25. The Morgan fingerprint density at radius 2 is 2.06 bits per heavy atom. The number of aryl methyl sites for hydroxylation is 1. The number of benzene rings is 1. The summed E-state index contributed by atoms with van der Waals surface area (Å²) in [5, 5.41) is 14.9. The minimum Gasteiger partial charge on any atom is -0.333 e. The van der Waals surface area contributed by atoms with Crippen LogP contribution in [0.1, 0.15) is 35.2 Å². The summed E-state index contributed by atoms with van der Waals surface area (Å²) in [6.07, 6.45) is -0.135. The largest absolute Gasteiger partial charge is 0.416 e. The van der Waals surface area contributed by atoms with Gasteiger partial charge < -0.3 is 15.1 Å². The lowest BCUT2D eigenvalue weighted by Gasteiger charge is -2.30.